The first kappa shape index (κ1) is 14.8. The maximum absolute atomic E-state index is 6.34. The Bertz CT molecular complexity index is 421. The van der Waals surface area contributed by atoms with E-state index in [1.807, 2.05) is 14.0 Å². The SMILES string of the molecule is Cc1nn(C)c(Cl)c1CN(CC1CCCN1)C(C)C. The Morgan fingerprint density at radius 3 is 2.74 bits per heavy atom. The molecule has 1 aromatic heterocycles. The second kappa shape index (κ2) is 6.25. The number of nitrogens with zero attached hydrogens (tertiary/aromatic N) is 3. The molecule has 0 amide bonds. The van der Waals surface area contributed by atoms with E-state index in [0.29, 0.717) is 12.1 Å². The van der Waals surface area contributed by atoms with Crippen molar-refractivity contribution in [1.82, 2.24) is 20.0 Å². The van der Waals surface area contributed by atoms with Gasteiger partial charge < -0.3 is 5.32 Å². The third-order valence-corrected chi connectivity index (χ3v) is 4.45. The van der Waals surface area contributed by atoms with Crippen molar-refractivity contribution in [3.05, 3.63) is 16.4 Å². The molecule has 2 rings (SSSR count). The maximum Gasteiger partial charge on any atom is 0.131 e. The second-order valence-electron chi connectivity index (χ2n) is 5.79. The molecule has 0 spiro atoms. The maximum atomic E-state index is 6.34. The van der Waals surface area contributed by atoms with Crippen LogP contribution < -0.4 is 5.32 Å². The minimum absolute atomic E-state index is 0.512. The minimum Gasteiger partial charge on any atom is -0.313 e. The van der Waals surface area contributed by atoms with Crippen molar-refractivity contribution in [2.75, 3.05) is 13.1 Å². The molecule has 2 heterocycles. The van der Waals surface area contributed by atoms with Gasteiger partial charge in [-0.3, -0.25) is 9.58 Å². The molecule has 108 valence electrons. The summed E-state index contributed by atoms with van der Waals surface area (Å²) in [6.07, 6.45) is 2.58. The number of nitrogens with one attached hydrogen (secondary N) is 1. The predicted octanol–water partition coefficient (Wildman–Crippen LogP) is 2.34. The van der Waals surface area contributed by atoms with E-state index in [9.17, 15) is 0 Å². The van der Waals surface area contributed by atoms with E-state index in [-0.39, 0.29) is 0 Å². The predicted molar refractivity (Wildman–Crippen MR) is 79.5 cm³/mol. The van der Waals surface area contributed by atoms with Crippen LogP contribution in [0.5, 0.6) is 0 Å². The topological polar surface area (TPSA) is 33.1 Å². The van der Waals surface area contributed by atoms with Crippen molar-refractivity contribution in [2.24, 2.45) is 7.05 Å². The highest BCUT2D eigenvalue weighted by Crippen LogP contribution is 2.22. The Morgan fingerprint density at radius 2 is 2.26 bits per heavy atom. The lowest BCUT2D eigenvalue weighted by molar-refractivity contribution is 0.193. The molecule has 0 radical (unpaired) electrons. The van der Waals surface area contributed by atoms with E-state index < -0.39 is 0 Å². The Kier molecular flexibility index (Phi) is 4.87. The van der Waals surface area contributed by atoms with Crippen LogP contribution in [0.25, 0.3) is 0 Å². The summed E-state index contributed by atoms with van der Waals surface area (Å²) in [5, 5.41) is 8.73. The van der Waals surface area contributed by atoms with Gasteiger partial charge in [-0.25, -0.2) is 0 Å². The molecule has 1 aromatic rings. The van der Waals surface area contributed by atoms with Gasteiger partial charge in [0.15, 0.2) is 0 Å². The van der Waals surface area contributed by atoms with Crippen LogP contribution in [0.1, 0.15) is 37.9 Å². The average molecular weight is 285 g/mol. The zero-order chi connectivity index (χ0) is 14.0. The standard InChI is InChI=1S/C14H25ClN4/c1-10(2)19(8-12-6-5-7-16-12)9-13-11(3)17-18(4)14(13)15/h10,12,16H,5-9H2,1-4H3. The van der Waals surface area contributed by atoms with Crippen LogP contribution in [0.4, 0.5) is 0 Å². The van der Waals surface area contributed by atoms with E-state index in [1.54, 1.807) is 4.68 Å². The van der Waals surface area contributed by atoms with Crippen LogP contribution in [0, 0.1) is 6.92 Å². The highest BCUT2D eigenvalue weighted by atomic mass is 35.5. The van der Waals surface area contributed by atoms with Gasteiger partial charge >= 0.3 is 0 Å². The van der Waals surface area contributed by atoms with Crippen LogP contribution in [0.3, 0.4) is 0 Å². The molecule has 0 aliphatic carbocycles. The molecule has 1 saturated heterocycles. The molecule has 1 fully saturated rings. The summed E-state index contributed by atoms with van der Waals surface area (Å²) < 4.78 is 1.76. The number of rotatable bonds is 5. The lowest BCUT2D eigenvalue weighted by Gasteiger charge is -2.29. The Hall–Kier alpha value is -0.580. The van der Waals surface area contributed by atoms with Crippen LogP contribution in [0.2, 0.25) is 5.15 Å². The number of aryl methyl sites for hydroxylation is 2. The summed E-state index contributed by atoms with van der Waals surface area (Å²) in [4.78, 5) is 2.48. The first-order valence-corrected chi connectivity index (χ1v) is 7.52. The summed E-state index contributed by atoms with van der Waals surface area (Å²) in [5.74, 6) is 0. The smallest absolute Gasteiger partial charge is 0.131 e. The highest BCUT2D eigenvalue weighted by molar-refractivity contribution is 6.30. The average Bonchev–Trinajstić information content (AvgIpc) is 2.92. The fraction of sp³-hybridized carbons (Fsp3) is 0.786. The molecule has 0 aromatic carbocycles. The third kappa shape index (κ3) is 3.50. The highest BCUT2D eigenvalue weighted by Gasteiger charge is 2.22. The molecular formula is C14H25ClN4. The summed E-state index contributed by atoms with van der Waals surface area (Å²) >= 11 is 6.34. The lowest BCUT2D eigenvalue weighted by Crippen LogP contribution is -2.40. The summed E-state index contributed by atoms with van der Waals surface area (Å²) in [5.41, 5.74) is 2.20. The van der Waals surface area contributed by atoms with Gasteiger partial charge in [-0.1, -0.05) is 11.6 Å². The van der Waals surface area contributed by atoms with Gasteiger partial charge in [-0.15, -0.1) is 0 Å². The van der Waals surface area contributed by atoms with Gasteiger partial charge in [0.05, 0.1) is 5.69 Å². The first-order valence-electron chi connectivity index (χ1n) is 7.14. The van der Waals surface area contributed by atoms with E-state index >= 15 is 0 Å². The summed E-state index contributed by atoms with van der Waals surface area (Å²) in [6, 6.07) is 1.14. The normalized spacial score (nSPS) is 19.8. The van der Waals surface area contributed by atoms with Crippen molar-refractivity contribution in [2.45, 2.75) is 52.2 Å². The third-order valence-electron chi connectivity index (χ3n) is 3.98. The van der Waals surface area contributed by atoms with Crippen LogP contribution in [-0.4, -0.2) is 39.9 Å². The first-order chi connectivity index (χ1) is 8.99. The van der Waals surface area contributed by atoms with Crippen molar-refractivity contribution in [3.8, 4) is 0 Å². The van der Waals surface area contributed by atoms with E-state index in [1.165, 1.54) is 12.8 Å². The molecule has 1 unspecified atom stereocenters. The van der Waals surface area contributed by atoms with Crippen molar-refractivity contribution >= 4 is 11.6 Å². The minimum atomic E-state index is 0.512. The zero-order valence-corrected chi connectivity index (χ0v) is 13.2. The Morgan fingerprint density at radius 1 is 1.53 bits per heavy atom. The molecule has 19 heavy (non-hydrogen) atoms. The van der Waals surface area contributed by atoms with E-state index in [0.717, 1.165) is 36.0 Å². The Balaban J connectivity index is 2.07. The number of hydrogen-bond donors (Lipinski definition) is 1. The van der Waals surface area contributed by atoms with E-state index in [4.69, 9.17) is 11.6 Å². The van der Waals surface area contributed by atoms with Gasteiger partial charge in [0.25, 0.3) is 0 Å². The quantitative estimate of drug-likeness (QED) is 0.901. The summed E-state index contributed by atoms with van der Waals surface area (Å²) in [6.45, 7) is 9.65. The molecule has 1 aliphatic rings. The van der Waals surface area contributed by atoms with Gasteiger partial charge in [0.2, 0.25) is 0 Å². The van der Waals surface area contributed by atoms with Gasteiger partial charge in [-0.2, -0.15) is 5.10 Å². The molecule has 1 N–H and O–H groups in total. The molecule has 5 heteroatoms. The molecular weight excluding hydrogens is 260 g/mol. The molecule has 1 aliphatic heterocycles. The molecule has 4 nitrogen and oxygen atoms in total. The number of aromatic nitrogens is 2. The van der Waals surface area contributed by atoms with Crippen LogP contribution in [-0.2, 0) is 13.6 Å². The van der Waals surface area contributed by atoms with Crippen LogP contribution >= 0.6 is 11.6 Å². The second-order valence-corrected chi connectivity index (χ2v) is 6.15. The van der Waals surface area contributed by atoms with Gasteiger partial charge in [0.1, 0.15) is 5.15 Å². The lowest BCUT2D eigenvalue weighted by atomic mass is 10.1. The Labute approximate surface area is 121 Å². The molecule has 1 atom stereocenters. The van der Waals surface area contributed by atoms with E-state index in [2.05, 4.69) is 29.2 Å². The monoisotopic (exact) mass is 284 g/mol. The zero-order valence-electron chi connectivity index (χ0n) is 12.4. The fourth-order valence-corrected chi connectivity index (χ4v) is 2.94. The molecule has 0 bridgehead atoms. The summed E-state index contributed by atoms with van der Waals surface area (Å²) in [7, 11) is 1.90. The number of hydrogen-bond acceptors (Lipinski definition) is 3. The van der Waals surface area contributed by atoms with Gasteiger partial charge in [-0.05, 0) is 40.2 Å². The fourth-order valence-electron chi connectivity index (χ4n) is 2.71. The van der Waals surface area contributed by atoms with Crippen molar-refractivity contribution in [3.63, 3.8) is 0 Å². The van der Waals surface area contributed by atoms with Crippen molar-refractivity contribution in [1.29, 1.82) is 0 Å². The molecule has 0 saturated carbocycles. The van der Waals surface area contributed by atoms with Crippen molar-refractivity contribution < 1.29 is 0 Å². The number of halogens is 1. The van der Waals surface area contributed by atoms with Crippen LogP contribution in [0.15, 0.2) is 0 Å². The largest absolute Gasteiger partial charge is 0.313 e. The van der Waals surface area contributed by atoms with Gasteiger partial charge in [0, 0.05) is 37.8 Å².